The number of hydrogen-bond acceptors (Lipinski definition) is 4. The monoisotopic (exact) mass is 295 g/mol. The second-order valence-electron chi connectivity index (χ2n) is 7.62. The summed E-state index contributed by atoms with van der Waals surface area (Å²) in [6, 6.07) is 0.449. The van der Waals surface area contributed by atoms with Gasteiger partial charge in [-0.3, -0.25) is 4.79 Å². The van der Waals surface area contributed by atoms with Crippen molar-refractivity contribution in [2.45, 2.75) is 57.2 Å². The van der Waals surface area contributed by atoms with Crippen LogP contribution in [0.25, 0.3) is 0 Å². The Hall–Kier alpha value is -0.650. The van der Waals surface area contributed by atoms with Crippen LogP contribution >= 0.6 is 0 Å². The molecular weight excluding hydrogens is 266 g/mol. The fourth-order valence-electron chi connectivity index (χ4n) is 4.60. The minimum absolute atomic E-state index is 0.0122. The van der Waals surface area contributed by atoms with E-state index in [1.165, 1.54) is 12.8 Å². The van der Waals surface area contributed by atoms with E-state index in [2.05, 4.69) is 31.1 Å². The van der Waals surface area contributed by atoms with Gasteiger partial charge in [0, 0.05) is 30.5 Å². The average Bonchev–Trinajstić information content (AvgIpc) is 2.93. The molecule has 4 atom stereocenters. The van der Waals surface area contributed by atoms with Crippen LogP contribution in [-0.2, 0) is 9.53 Å². The molecule has 1 saturated carbocycles. The van der Waals surface area contributed by atoms with Crippen LogP contribution in [0, 0.1) is 11.3 Å². The van der Waals surface area contributed by atoms with Gasteiger partial charge in [0.2, 0.25) is 5.91 Å². The smallest absolute Gasteiger partial charge is 0.241 e. The Morgan fingerprint density at radius 3 is 2.86 bits per heavy atom. The molecule has 2 saturated heterocycles. The van der Waals surface area contributed by atoms with Gasteiger partial charge in [0.25, 0.3) is 0 Å². The number of nitrogens with one attached hydrogen (secondary N) is 1. The fraction of sp³-hybridized carbons (Fsp3) is 0.938. The van der Waals surface area contributed by atoms with Crippen molar-refractivity contribution in [2.24, 2.45) is 17.1 Å². The molecule has 21 heavy (non-hydrogen) atoms. The number of fused-ring (bicyclic) bond motifs is 1. The summed E-state index contributed by atoms with van der Waals surface area (Å²) in [7, 11) is 2.14. The molecule has 120 valence electrons. The molecule has 4 unspecified atom stereocenters. The third-order valence-electron chi connectivity index (χ3n) is 6.25. The first kappa shape index (κ1) is 15.3. The van der Waals surface area contributed by atoms with E-state index in [4.69, 9.17) is 10.5 Å². The Labute approximate surface area is 127 Å². The van der Waals surface area contributed by atoms with Crippen molar-refractivity contribution in [3.8, 4) is 0 Å². The molecule has 0 aromatic heterocycles. The fourth-order valence-corrected chi connectivity index (χ4v) is 4.60. The topological polar surface area (TPSA) is 67.6 Å². The maximum absolute atomic E-state index is 12.7. The van der Waals surface area contributed by atoms with Gasteiger partial charge in [-0.15, -0.1) is 0 Å². The van der Waals surface area contributed by atoms with Crippen molar-refractivity contribution in [2.75, 3.05) is 26.7 Å². The van der Waals surface area contributed by atoms with Crippen molar-refractivity contribution < 1.29 is 9.53 Å². The summed E-state index contributed by atoms with van der Waals surface area (Å²) in [5.41, 5.74) is 5.50. The van der Waals surface area contributed by atoms with Gasteiger partial charge in [-0.05, 0) is 32.9 Å². The molecule has 1 amide bonds. The first-order chi connectivity index (χ1) is 9.89. The quantitative estimate of drug-likeness (QED) is 0.805. The highest BCUT2D eigenvalue weighted by molar-refractivity contribution is 5.89. The molecule has 0 radical (unpaired) electrons. The number of hydrogen-bond donors (Lipinski definition) is 2. The van der Waals surface area contributed by atoms with Crippen LogP contribution in [0.2, 0.25) is 0 Å². The maximum Gasteiger partial charge on any atom is 0.241 e. The van der Waals surface area contributed by atoms with E-state index < -0.39 is 5.54 Å². The van der Waals surface area contributed by atoms with Crippen molar-refractivity contribution >= 4 is 5.91 Å². The zero-order chi connectivity index (χ0) is 15.3. The normalized spacial score (nSPS) is 42.2. The van der Waals surface area contributed by atoms with E-state index in [-0.39, 0.29) is 23.3 Å². The van der Waals surface area contributed by atoms with Crippen LogP contribution in [0.1, 0.15) is 39.5 Å². The van der Waals surface area contributed by atoms with Crippen molar-refractivity contribution in [3.63, 3.8) is 0 Å². The van der Waals surface area contributed by atoms with E-state index in [0.717, 1.165) is 26.0 Å². The van der Waals surface area contributed by atoms with Crippen LogP contribution < -0.4 is 11.1 Å². The Bertz CT molecular complexity index is 426. The largest absolute Gasteiger partial charge is 0.377 e. The van der Waals surface area contributed by atoms with E-state index in [0.29, 0.717) is 12.6 Å². The minimum atomic E-state index is -0.776. The molecule has 5 heteroatoms. The third-order valence-corrected chi connectivity index (χ3v) is 6.25. The van der Waals surface area contributed by atoms with E-state index in [1.54, 1.807) is 0 Å². The minimum Gasteiger partial charge on any atom is -0.377 e. The van der Waals surface area contributed by atoms with Gasteiger partial charge in [-0.25, -0.2) is 0 Å². The van der Waals surface area contributed by atoms with Crippen LogP contribution in [0.15, 0.2) is 0 Å². The lowest BCUT2D eigenvalue weighted by Crippen LogP contribution is -2.80. The SMILES string of the molecule is CN1CCCCC1CNC(=O)C1(N)C2CCOC2C1(C)C. The second-order valence-corrected chi connectivity index (χ2v) is 7.62. The number of piperidine rings is 1. The summed E-state index contributed by atoms with van der Waals surface area (Å²) >= 11 is 0. The lowest BCUT2D eigenvalue weighted by molar-refractivity contribution is -0.175. The van der Waals surface area contributed by atoms with Crippen LogP contribution in [0.3, 0.4) is 0 Å². The van der Waals surface area contributed by atoms with E-state index in [9.17, 15) is 4.79 Å². The first-order valence-corrected chi connectivity index (χ1v) is 8.28. The molecule has 0 aromatic carbocycles. The number of likely N-dealkylation sites (tertiary alicyclic amines) is 1. The number of nitrogens with two attached hydrogens (primary N) is 1. The summed E-state index contributed by atoms with van der Waals surface area (Å²) in [6.07, 6.45) is 4.72. The van der Waals surface area contributed by atoms with E-state index >= 15 is 0 Å². The molecule has 0 bridgehead atoms. The van der Waals surface area contributed by atoms with Gasteiger partial charge in [-0.1, -0.05) is 20.3 Å². The zero-order valence-electron chi connectivity index (χ0n) is 13.5. The summed E-state index contributed by atoms with van der Waals surface area (Å²) in [6.45, 7) is 6.69. The van der Waals surface area contributed by atoms with Gasteiger partial charge < -0.3 is 20.7 Å². The average molecular weight is 295 g/mol. The first-order valence-electron chi connectivity index (χ1n) is 8.28. The Morgan fingerprint density at radius 2 is 2.14 bits per heavy atom. The van der Waals surface area contributed by atoms with Gasteiger partial charge >= 0.3 is 0 Å². The van der Waals surface area contributed by atoms with Gasteiger partial charge in [-0.2, -0.15) is 0 Å². The molecule has 1 aliphatic carbocycles. The lowest BCUT2D eigenvalue weighted by atomic mass is 9.48. The van der Waals surface area contributed by atoms with Crippen LogP contribution in [0.4, 0.5) is 0 Å². The highest BCUT2D eigenvalue weighted by Gasteiger charge is 2.71. The molecule has 3 aliphatic rings. The lowest BCUT2D eigenvalue weighted by Gasteiger charge is -2.60. The van der Waals surface area contributed by atoms with Crippen molar-refractivity contribution in [1.29, 1.82) is 0 Å². The highest BCUT2D eigenvalue weighted by atomic mass is 16.5. The third kappa shape index (κ3) is 2.13. The van der Waals surface area contributed by atoms with Gasteiger partial charge in [0.1, 0.15) is 5.54 Å². The predicted octanol–water partition coefficient (Wildman–Crippen LogP) is 0.729. The molecule has 3 N–H and O–H groups in total. The highest BCUT2D eigenvalue weighted by Crippen LogP contribution is 2.58. The molecule has 2 heterocycles. The summed E-state index contributed by atoms with van der Waals surface area (Å²) < 4.78 is 5.76. The molecule has 0 spiro atoms. The van der Waals surface area contributed by atoms with Crippen LogP contribution in [-0.4, -0.2) is 55.2 Å². The standard InChI is InChI=1S/C16H29N3O2/c1-15(2)13-12(7-9-21-13)16(15,17)14(20)18-10-11-6-4-5-8-19(11)3/h11-13H,4-10,17H2,1-3H3,(H,18,20). The number of carbonyl (C=O) groups is 1. The zero-order valence-corrected chi connectivity index (χ0v) is 13.5. The van der Waals surface area contributed by atoms with Crippen LogP contribution in [0.5, 0.6) is 0 Å². The molecular formula is C16H29N3O2. The van der Waals surface area contributed by atoms with Gasteiger partial charge in [0.15, 0.2) is 0 Å². The number of ether oxygens (including phenoxy) is 1. The number of rotatable bonds is 3. The molecule has 5 nitrogen and oxygen atoms in total. The van der Waals surface area contributed by atoms with Gasteiger partial charge in [0.05, 0.1) is 6.10 Å². The van der Waals surface area contributed by atoms with Crippen molar-refractivity contribution in [3.05, 3.63) is 0 Å². The van der Waals surface area contributed by atoms with Crippen molar-refractivity contribution in [1.82, 2.24) is 10.2 Å². The number of amides is 1. The summed E-state index contributed by atoms with van der Waals surface area (Å²) in [5.74, 6) is 0.190. The maximum atomic E-state index is 12.7. The molecule has 3 rings (SSSR count). The number of nitrogens with zero attached hydrogens (tertiary/aromatic N) is 1. The Morgan fingerprint density at radius 1 is 1.38 bits per heavy atom. The second kappa shape index (κ2) is 5.21. The molecule has 3 fully saturated rings. The summed E-state index contributed by atoms with van der Waals surface area (Å²) in [4.78, 5) is 15.1. The summed E-state index contributed by atoms with van der Waals surface area (Å²) in [5, 5.41) is 3.13. The number of likely N-dealkylation sites (N-methyl/N-ethyl adjacent to an activating group) is 1. The Kier molecular flexibility index (Phi) is 3.79. The van der Waals surface area contributed by atoms with E-state index in [1.807, 2.05) is 0 Å². The number of carbonyl (C=O) groups excluding carboxylic acids is 1. The predicted molar refractivity (Wildman–Crippen MR) is 81.8 cm³/mol. The molecule has 2 aliphatic heterocycles. The Balaban J connectivity index is 1.62. The molecule has 0 aromatic rings.